The molecule has 2 N–H and O–H groups in total. The van der Waals surface area contributed by atoms with Gasteiger partial charge < -0.3 is 5.32 Å². The Morgan fingerprint density at radius 2 is 2.56 bits per heavy atom. The molecule has 5 nitrogen and oxygen atoms in total. The fourth-order valence-corrected chi connectivity index (χ4v) is 0.249. The number of rotatable bonds is 2. The van der Waals surface area contributed by atoms with E-state index in [1.165, 1.54) is 7.11 Å². The molecule has 0 unspecified atom stereocenters. The molecule has 0 aromatic heterocycles. The summed E-state index contributed by atoms with van der Waals surface area (Å²) in [5.74, 6) is 0. The fourth-order valence-electron chi connectivity index (χ4n) is 0.249. The number of nitriles is 1. The van der Waals surface area contributed by atoms with Crippen molar-refractivity contribution in [1.29, 1.82) is 5.26 Å². The molecule has 0 aromatic rings. The molecule has 0 radical (unpaired) electrons. The molecule has 0 aliphatic rings. The molecule has 0 saturated heterocycles. The summed E-state index contributed by atoms with van der Waals surface area (Å²) in [7, 11) is 1.31. The highest BCUT2D eigenvalue weighted by atomic mass is 16.6. The Hall–Kier alpha value is -1.28. The maximum atomic E-state index is 10.3. The number of urea groups is 1. The molecule has 50 valence electrons. The van der Waals surface area contributed by atoms with Gasteiger partial charge in [-0.3, -0.25) is 4.84 Å². The Morgan fingerprint density at radius 3 is 3.00 bits per heavy atom. The van der Waals surface area contributed by atoms with Crippen molar-refractivity contribution in [3.8, 4) is 6.07 Å². The predicted molar refractivity (Wildman–Crippen MR) is 29.2 cm³/mol. The third-order valence-corrected chi connectivity index (χ3v) is 0.523. The zero-order valence-electron chi connectivity index (χ0n) is 4.97. The maximum absolute atomic E-state index is 10.3. The lowest BCUT2D eigenvalue weighted by atomic mass is 10.7. The van der Waals surface area contributed by atoms with Gasteiger partial charge in [0.15, 0.2) is 0 Å². The van der Waals surface area contributed by atoms with E-state index in [4.69, 9.17) is 5.26 Å². The molecule has 5 heteroatoms. The topological polar surface area (TPSA) is 74.2 Å². The molecule has 0 saturated carbocycles. The van der Waals surface area contributed by atoms with Crippen LogP contribution >= 0.6 is 0 Å². The molecule has 9 heavy (non-hydrogen) atoms. The molecule has 0 bridgehead atoms. The Bertz CT molecular complexity index is 128. The maximum Gasteiger partial charge on any atom is 0.339 e. The first-order valence-corrected chi connectivity index (χ1v) is 2.25. The number of nitrogens with zero attached hydrogens (tertiary/aromatic N) is 1. The summed E-state index contributed by atoms with van der Waals surface area (Å²) >= 11 is 0. The lowest BCUT2D eigenvalue weighted by Gasteiger charge is -1.98. The van der Waals surface area contributed by atoms with Crippen LogP contribution in [-0.2, 0) is 4.84 Å². The minimum absolute atomic E-state index is 0.0187. The van der Waals surface area contributed by atoms with Crippen LogP contribution in [0.25, 0.3) is 0 Å². The van der Waals surface area contributed by atoms with Gasteiger partial charge in [0.2, 0.25) is 0 Å². The van der Waals surface area contributed by atoms with Crippen molar-refractivity contribution in [2.75, 3.05) is 13.7 Å². The number of hydrogen-bond donors (Lipinski definition) is 2. The van der Waals surface area contributed by atoms with Crippen LogP contribution in [-0.4, -0.2) is 19.7 Å². The predicted octanol–water partition coefficient (Wildman–Crippen LogP) is -0.629. The summed E-state index contributed by atoms with van der Waals surface area (Å²) < 4.78 is 0. The number of hydrogen-bond acceptors (Lipinski definition) is 3. The monoisotopic (exact) mass is 129 g/mol. The van der Waals surface area contributed by atoms with Gasteiger partial charge in [-0.1, -0.05) is 0 Å². The van der Waals surface area contributed by atoms with Crippen molar-refractivity contribution in [1.82, 2.24) is 10.8 Å². The minimum atomic E-state index is -0.515. The zero-order valence-corrected chi connectivity index (χ0v) is 4.97. The Balaban J connectivity index is 3.19. The molecule has 0 spiro atoms. The second-order valence-corrected chi connectivity index (χ2v) is 1.15. The fraction of sp³-hybridized carbons (Fsp3) is 0.500. The van der Waals surface area contributed by atoms with Gasteiger partial charge in [0.1, 0.15) is 6.54 Å². The summed E-state index contributed by atoms with van der Waals surface area (Å²) in [6, 6.07) is 1.21. The SMILES string of the molecule is CONC(=O)NCC#N. The summed E-state index contributed by atoms with van der Waals surface area (Å²) in [6.07, 6.45) is 0. The molecule has 0 atom stereocenters. The van der Waals surface area contributed by atoms with E-state index >= 15 is 0 Å². The highest BCUT2D eigenvalue weighted by Gasteiger charge is 1.93. The van der Waals surface area contributed by atoms with Crippen LogP contribution in [0.1, 0.15) is 0 Å². The van der Waals surface area contributed by atoms with E-state index < -0.39 is 6.03 Å². The summed E-state index contributed by atoms with van der Waals surface area (Å²) in [5.41, 5.74) is 1.98. The van der Waals surface area contributed by atoms with Crippen LogP contribution in [0, 0.1) is 11.3 Å². The first-order valence-electron chi connectivity index (χ1n) is 2.25. The van der Waals surface area contributed by atoms with Crippen molar-refractivity contribution in [2.45, 2.75) is 0 Å². The molecule has 0 rings (SSSR count). The first-order chi connectivity index (χ1) is 4.31. The number of carbonyl (C=O) groups is 1. The largest absolute Gasteiger partial charge is 0.339 e. The van der Waals surface area contributed by atoms with Crippen LogP contribution in [0.5, 0.6) is 0 Å². The number of amides is 2. The quantitative estimate of drug-likeness (QED) is 0.385. The van der Waals surface area contributed by atoms with Gasteiger partial charge in [-0.15, -0.1) is 0 Å². The van der Waals surface area contributed by atoms with E-state index in [1.54, 1.807) is 6.07 Å². The van der Waals surface area contributed by atoms with Crippen LogP contribution in [0.2, 0.25) is 0 Å². The van der Waals surface area contributed by atoms with Crippen LogP contribution in [0.3, 0.4) is 0 Å². The first kappa shape index (κ1) is 7.72. The molecule has 0 aliphatic carbocycles. The molecular weight excluding hydrogens is 122 g/mol. The average Bonchev–Trinajstić information content (AvgIpc) is 1.85. The standard InChI is InChI=1S/C4H7N3O2/c1-9-7-4(8)6-3-2-5/h3H2,1H3,(H2,6,7,8). The molecule has 0 aliphatic heterocycles. The smallest absolute Gasteiger partial charge is 0.323 e. The third kappa shape index (κ3) is 4.58. The van der Waals surface area contributed by atoms with Gasteiger partial charge in [-0.25, -0.2) is 10.3 Å². The molecule has 2 amide bonds. The van der Waals surface area contributed by atoms with E-state index in [2.05, 4.69) is 10.2 Å². The summed E-state index contributed by atoms with van der Waals surface area (Å²) in [6.45, 7) is -0.0187. The van der Waals surface area contributed by atoms with Crippen molar-refractivity contribution in [2.24, 2.45) is 0 Å². The van der Waals surface area contributed by atoms with Crippen LogP contribution < -0.4 is 10.8 Å². The second kappa shape index (κ2) is 4.87. The molecule has 0 fully saturated rings. The number of carbonyl (C=O) groups excluding carboxylic acids is 1. The number of hydroxylamine groups is 1. The van der Waals surface area contributed by atoms with Crippen molar-refractivity contribution in [3.05, 3.63) is 0 Å². The summed E-state index contributed by atoms with van der Waals surface area (Å²) in [5, 5.41) is 10.1. The lowest BCUT2D eigenvalue weighted by molar-refractivity contribution is 0.108. The van der Waals surface area contributed by atoms with Gasteiger partial charge in [0.05, 0.1) is 13.2 Å². The Labute approximate surface area is 52.6 Å². The third-order valence-electron chi connectivity index (χ3n) is 0.523. The lowest BCUT2D eigenvalue weighted by Crippen LogP contribution is -2.34. The van der Waals surface area contributed by atoms with Gasteiger partial charge in [-0.05, 0) is 0 Å². The molecule has 0 heterocycles. The molecule has 0 aromatic carbocycles. The van der Waals surface area contributed by atoms with Gasteiger partial charge in [0, 0.05) is 0 Å². The van der Waals surface area contributed by atoms with E-state index in [0.29, 0.717) is 0 Å². The van der Waals surface area contributed by atoms with Crippen LogP contribution in [0.4, 0.5) is 4.79 Å². The van der Waals surface area contributed by atoms with E-state index in [9.17, 15) is 4.79 Å². The van der Waals surface area contributed by atoms with Crippen LogP contribution in [0.15, 0.2) is 0 Å². The van der Waals surface area contributed by atoms with Gasteiger partial charge in [-0.2, -0.15) is 5.26 Å². The van der Waals surface area contributed by atoms with Gasteiger partial charge >= 0.3 is 6.03 Å². The Kier molecular flexibility index (Phi) is 4.18. The average molecular weight is 129 g/mol. The second-order valence-electron chi connectivity index (χ2n) is 1.15. The van der Waals surface area contributed by atoms with E-state index in [1.807, 2.05) is 5.48 Å². The zero-order chi connectivity index (χ0) is 7.11. The summed E-state index contributed by atoms with van der Waals surface area (Å²) in [4.78, 5) is 14.5. The highest BCUT2D eigenvalue weighted by molar-refractivity contribution is 5.72. The van der Waals surface area contributed by atoms with Crippen molar-refractivity contribution >= 4 is 6.03 Å². The minimum Gasteiger partial charge on any atom is -0.323 e. The Morgan fingerprint density at radius 1 is 1.89 bits per heavy atom. The highest BCUT2D eigenvalue weighted by Crippen LogP contribution is 1.60. The number of nitrogens with one attached hydrogen (secondary N) is 2. The molecular formula is C4H7N3O2. The van der Waals surface area contributed by atoms with E-state index in [-0.39, 0.29) is 6.54 Å². The van der Waals surface area contributed by atoms with Crippen molar-refractivity contribution < 1.29 is 9.63 Å². The van der Waals surface area contributed by atoms with E-state index in [0.717, 1.165) is 0 Å². The normalized spacial score (nSPS) is 7.56. The van der Waals surface area contributed by atoms with Crippen molar-refractivity contribution in [3.63, 3.8) is 0 Å². The van der Waals surface area contributed by atoms with Gasteiger partial charge in [0.25, 0.3) is 0 Å².